The maximum atomic E-state index is 5.55. The fourth-order valence-electron chi connectivity index (χ4n) is 1.20. The second kappa shape index (κ2) is 2.88. The molecule has 0 bridgehead atoms. The number of fused-ring (bicyclic) bond motifs is 1. The van der Waals surface area contributed by atoms with Gasteiger partial charge in [0, 0.05) is 6.54 Å². The molecule has 0 unspecified atom stereocenters. The second-order valence-corrected chi connectivity index (χ2v) is 3.31. The van der Waals surface area contributed by atoms with Gasteiger partial charge in [-0.3, -0.25) is 4.40 Å². The van der Waals surface area contributed by atoms with Crippen molar-refractivity contribution in [3.05, 3.63) is 34.7 Å². The Hall–Kier alpha value is -0.870. The summed E-state index contributed by atoms with van der Waals surface area (Å²) < 4.78 is 2.97. The quantitative estimate of drug-likeness (QED) is 0.749. The molecule has 0 radical (unpaired) electrons. The molecule has 0 amide bonds. The van der Waals surface area contributed by atoms with E-state index in [1.54, 1.807) is 6.20 Å². The number of hydrogen-bond donors (Lipinski definition) is 1. The van der Waals surface area contributed by atoms with E-state index in [0.29, 0.717) is 6.54 Å². The van der Waals surface area contributed by atoms with Gasteiger partial charge in [-0.2, -0.15) is 0 Å². The molecule has 0 aliphatic heterocycles. The number of pyridine rings is 1. The standard InChI is InChI=1S/C8H8BrN3/c9-7-2-1-3-8-11-5-6(4-10)12(7)8/h1-3,5H,4,10H2. The minimum atomic E-state index is 0.504. The second-order valence-electron chi connectivity index (χ2n) is 2.50. The van der Waals surface area contributed by atoms with Gasteiger partial charge in [-0.1, -0.05) is 6.07 Å². The molecule has 2 rings (SSSR count). The first-order valence-corrected chi connectivity index (χ1v) is 4.43. The Kier molecular flexibility index (Phi) is 1.86. The predicted molar refractivity (Wildman–Crippen MR) is 50.8 cm³/mol. The summed E-state index contributed by atoms with van der Waals surface area (Å²) in [6.45, 7) is 0.504. The molecule has 62 valence electrons. The van der Waals surface area contributed by atoms with Crippen LogP contribution >= 0.6 is 15.9 Å². The fourth-order valence-corrected chi connectivity index (χ4v) is 1.76. The summed E-state index contributed by atoms with van der Waals surface area (Å²) in [5, 5.41) is 0. The lowest BCUT2D eigenvalue weighted by Gasteiger charge is -2.00. The SMILES string of the molecule is NCc1cnc2cccc(Br)n12. The predicted octanol–water partition coefficient (Wildman–Crippen LogP) is 1.56. The van der Waals surface area contributed by atoms with E-state index in [1.807, 2.05) is 22.6 Å². The van der Waals surface area contributed by atoms with Crippen molar-refractivity contribution in [2.45, 2.75) is 6.54 Å². The first kappa shape index (κ1) is 7.76. The Morgan fingerprint density at radius 2 is 2.33 bits per heavy atom. The Balaban J connectivity index is 2.83. The van der Waals surface area contributed by atoms with E-state index in [0.717, 1.165) is 15.9 Å². The molecule has 0 aromatic carbocycles. The molecule has 0 saturated heterocycles. The van der Waals surface area contributed by atoms with Gasteiger partial charge in [-0.25, -0.2) is 4.98 Å². The normalized spacial score (nSPS) is 10.8. The molecule has 2 N–H and O–H groups in total. The van der Waals surface area contributed by atoms with Crippen LogP contribution in [0.15, 0.2) is 29.0 Å². The molecule has 2 aromatic rings. The maximum absolute atomic E-state index is 5.55. The molecule has 2 heterocycles. The smallest absolute Gasteiger partial charge is 0.137 e. The van der Waals surface area contributed by atoms with E-state index >= 15 is 0 Å². The topological polar surface area (TPSA) is 43.3 Å². The Morgan fingerprint density at radius 3 is 3.08 bits per heavy atom. The molecule has 0 aliphatic carbocycles. The first-order valence-electron chi connectivity index (χ1n) is 3.64. The molecular formula is C8H8BrN3. The summed E-state index contributed by atoms with van der Waals surface area (Å²) in [6.07, 6.45) is 1.79. The van der Waals surface area contributed by atoms with Crippen LogP contribution in [0.4, 0.5) is 0 Å². The minimum Gasteiger partial charge on any atom is -0.325 e. The van der Waals surface area contributed by atoms with E-state index in [1.165, 1.54) is 0 Å². The van der Waals surface area contributed by atoms with Crippen molar-refractivity contribution in [3.8, 4) is 0 Å². The van der Waals surface area contributed by atoms with E-state index < -0.39 is 0 Å². The largest absolute Gasteiger partial charge is 0.325 e. The van der Waals surface area contributed by atoms with Crippen LogP contribution in [0.3, 0.4) is 0 Å². The van der Waals surface area contributed by atoms with E-state index in [9.17, 15) is 0 Å². The van der Waals surface area contributed by atoms with Crippen LogP contribution in [-0.2, 0) is 6.54 Å². The number of nitrogens with zero attached hydrogens (tertiary/aromatic N) is 2. The monoisotopic (exact) mass is 225 g/mol. The van der Waals surface area contributed by atoms with E-state index in [-0.39, 0.29) is 0 Å². The summed E-state index contributed by atoms with van der Waals surface area (Å²) in [7, 11) is 0. The number of hydrogen-bond acceptors (Lipinski definition) is 2. The van der Waals surface area contributed by atoms with Crippen molar-refractivity contribution < 1.29 is 0 Å². The van der Waals surface area contributed by atoms with Crippen LogP contribution < -0.4 is 5.73 Å². The molecule has 4 heteroatoms. The van der Waals surface area contributed by atoms with Crippen LogP contribution in [0.5, 0.6) is 0 Å². The number of halogens is 1. The zero-order valence-electron chi connectivity index (χ0n) is 6.37. The van der Waals surface area contributed by atoms with Crippen molar-refractivity contribution in [3.63, 3.8) is 0 Å². The van der Waals surface area contributed by atoms with Gasteiger partial charge in [0.05, 0.1) is 16.5 Å². The van der Waals surface area contributed by atoms with Crippen molar-refractivity contribution in [2.75, 3.05) is 0 Å². The average molecular weight is 226 g/mol. The number of aromatic nitrogens is 2. The van der Waals surface area contributed by atoms with Crippen LogP contribution in [0.25, 0.3) is 5.65 Å². The highest BCUT2D eigenvalue weighted by Crippen LogP contribution is 2.14. The summed E-state index contributed by atoms with van der Waals surface area (Å²) in [6, 6.07) is 5.87. The highest BCUT2D eigenvalue weighted by atomic mass is 79.9. The Labute approximate surface area is 78.3 Å². The van der Waals surface area contributed by atoms with Gasteiger partial charge in [0.25, 0.3) is 0 Å². The van der Waals surface area contributed by atoms with Crippen molar-refractivity contribution in [2.24, 2.45) is 5.73 Å². The zero-order valence-corrected chi connectivity index (χ0v) is 7.95. The molecule has 12 heavy (non-hydrogen) atoms. The maximum Gasteiger partial charge on any atom is 0.137 e. The van der Waals surface area contributed by atoms with Crippen LogP contribution in [0.1, 0.15) is 5.69 Å². The Morgan fingerprint density at radius 1 is 1.50 bits per heavy atom. The summed E-state index contributed by atoms with van der Waals surface area (Å²) in [5.41, 5.74) is 7.48. The zero-order chi connectivity index (χ0) is 8.55. The Bertz CT molecular complexity index is 408. The van der Waals surface area contributed by atoms with Crippen molar-refractivity contribution in [1.82, 2.24) is 9.38 Å². The van der Waals surface area contributed by atoms with E-state index in [4.69, 9.17) is 5.73 Å². The van der Waals surface area contributed by atoms with Gasteiger partial charge in [0.2, 0.25) is 0 Å². The molecule has 0 saturated carbocycles. The molecule has 2 aromatic heterocycles. The number of nitrogens with two attached hydrogens (primary N) is 1. The molecule has 0 aliphatic rings. The van der Waals surface area contributed by atoms with Crippen LogP contribution in [0, 0.1) is 0 Å². The van der Waals surface area contributed by atoms with Gasteiger partial charge < -0.3 is 5.73 Å². The molecule has 0 fully saturated rings. The van der Waals surface area contributed by atoms with Gasteiger partial charge in [-0.15, -0.1) is 0 Å². The fraction of sp³-hybridized carbons (Fsp3) is 0.125. The lowest BCUT2D eigenvalue weighted by molar-refractivity contribution is 0.946. The first-order chi connectivity index (χ1) is 5.83. The molecular weight excluding hydrogens is 218 g/mol. The van der Waals surface area contributed by atoms with Crippen molar-refractivity contribution >= 4 is 21.6 Å². The van der Waals surface area contributed by atoms with Crippen molar-refractivity contribution in [1.29, 1.82) is 0 Å². The minimum absolute atomic E-state index is 0.504. The average Bonchev–Trinajstić information content (AvgIpc) is 2.49. The number of imidazole rings is 1. The summed E-state index contributed by atoms with van der Waals surface area (Å²) in [5.74, 6) is 0. The third kappa shape index (κ3) is 1.04. The lowest BCUT2D eigenvalue weighted by atomic mass is 10.4. The molecule has 0 spiro atoms. The molecule has 3 nitrogen and oxygen atoms in total. The third-order valence-corrected chi connectivity index (χ3v) is 2.38. The van der Waals surface area contributed by atoms with Gasteiger partial charge in [0.15, 0.2) is 0 Å². The van der Waals surface area contributed by atoms with Gasteiger partial charge in [-0.05, 0) is 28.1 Å². The summed E-state index contributed by atoms with van der Waals surface area (Å²) in [4.78, 5) is 4.20. The highest BCUT2D eigenvalue weighted by molar-refractivity contribution is 9.10. The molecule has 0 atom stereocenters. The van der Waals surface area contributed by atoms with E-state index in [2.05, 4.69) is 20.9 Å². The number of rotatable bonds is 1. The third-order valence-electron chi connectivity index (χ3n) is 1.76. The highest BCUT2D eigenvalue weighted by Gasteiger charge is 2.02. The van der Waals surface area contributed by atoms with Crippen LogP contribution in [-0.4, -0.2) is 9.38 Å². The van der Waals surface area contributed by atoms with Gasteiger partial charge in [0.1, 0.15) is 5.65 Å². The van der Waals surface area contributed by atoms with Gasteiger partial charge >= 0.3 is 0 Å². The summed E-state index contributed by atoms with van der Waals surface area (Å²) >= 11 is 3.44. The lowest BCUT2D eigenvalue weighted by Crippen LogP contribution is -2.01. The van der Waals surface area contributed by atoms with Crippen LogP contribution in [0.2, 0.25) is 0 Å².